The monoisotopic (exact) mass is 304 g/mol. The first-order chi connectivity index (χ1) is 11.2. The van der Waals surface area contributed by atoms with Gasteiger partial charge in [-0.2, -0.15) is 5.26 Å². The van der Waals surface area contributed by atoms with Gasteiger partial charge in [0.2, 0.25) is 5.89 Å². The highest BCUT2D eigenvalue weighted by molar-refractivity contribution is 5.59. The lowest BCUT2D eigenvalue weighted by atomic mass is 10.1. The first-order valence-corrected chi connectivity index (χ1v) is 7.31. The fourth-order valence-corrected chi connectivity index (χ4v) is 2.33. The fraction of sp³-hybridized carbons (Fsp3) is 0.158. The van der Waals surface area contributed by atoms with Gasteiger partial charge < -0.3 is 9.15 Å². The van der Waals surface area contributed by atoms with E-state index in [0.717, 1.165) is 16.8 Å². The van der Waals surface area contributed by atoms with Crippen molar-refractivity contribution >= 4 is 0 Å². The lowest BCUT2D eigenvalue weighted by Gasteiger charge is -2.03. The molecule has 3 aromatic rings. The Morgan fingerprint density at radius 1 is 1.13 bits per heavy atom. The standard InChI is InChI=1S/C19H16N2O2/c1-13-3-8-18(14(2)9-13)19-21-16(12-23-19)11-22-17-6-4-15(10-20)5-7-17/h3-9,12H,11H2,1-2H3. The van der Waals surface area contributed by atoms with E-state index in [9.17, 15) is 0 Å². The first-order valence-electron chi connectivity index (χ1n) is 7.31. The van der Waals surface area contributed by atoms with E-state index in [4.69, 9.17) is 14.4 Å². The molecule has 0 saturated carbocycles. The third-order valence-electron chi connectivity index (χ3n) is 3.53. The Bertz CT molecular complexity index is 858. The molecule has 0 aliphatic rings. The van der Waals surface area contributed by atoms with Crippen molar-refractivity contribution in [2.45, 2.75) is 20.5 Å². The molecule has 0 bridgehead atoms. The van der Waals surface area contributed by atoms with Crippen LogP contribution in [0.2, 0.25) is 0 Å². The maximum atomic E-state index is 8.77. The molecule has 0 N–H and O–H groups in total. The van der Waals surface area contributed by atoms with Gasteiger partial charge in [0.25, 0.3) is 0 Å². The van der Waals surface area contributed by atoms with Crippen LogP contribution in [0.25, 0.3) is 11.5 Å². The Morgan fingerprint density at radius 2 is 1.91 bits per heavy atom. The molecule has 0 amide bonds. The highest BCUT2D eigenvalue weighted by Crippen LogP contribution is 2.24. The Kier molecular flexibility index (Phi) is 4.11. The van der Waals surface area contributed by atoms with E-state index in [-0.39, 0.29) is 0 Å². The molecule has 2 aromatic carbocycles. The van der Waals surface area contributed by atoms with Gasteiger partial charge in [0, 0.05) is 5.56 Å². The number of rotatable bonds is 4. The van der Waals surface area contributed by atoms with Crippen LogP contribution in [0, 0.1) is 25.2 Å². The van der Waals surface area contributed by atoms with Crippen LogP contribution in [0.1, 0.15) is 22.4 Å². The molecule has 0 aliphatic carbocycles. The topological polar surface area (TPSA) is 59.0 Å². The SMILES string of the molecule is Cc1ccc(-c2nc(COc3ccc(C#N)cc3)co2)c(C)c1. The third-order valence-corrected chi connectivity index (χ3v) is 3.53. The molecule has 0 saturated heterocycles. The van der Waals surface area contributed by atoms with Crippen molar-refractivity contribution in [1.29, 1.82) is 5.26 Å². The van der Waals surface area contributed by atoms with Crippen LogP contribution >= 0.6 is 0 Å². The average molecular weight is 304 g/mol. The minimum Gasteiger partial charge on any atom is -0.487 e. The van der Waals surface area contributed by atoms with Crippen molar-refractivity contribution in [3.8, 4) is 23.3 Å². The Morgan fingerprint density at radius 3 is 2.61 bits per heavy atom. The number of aryl methyl sites for hydroxylation is 2. The van der Waals surface area contributed by atoms with Crippen molar-refractivity contribution in [1.82, 2.24) is 4.98 Å². The second-order valence-electron chi connectivity index (χ2n) is 5.39. The van der Waals surface area contributed by atoms with Gasteiger partial charge in [0.1, 0.15) is 24.3 Å². The lowest BCUT2D eigenvalue weighted by molar-refractivity contribution is 0.301. The normalized spacial score (nSPS) is 10.3. The summed E-state index contributed by atoms with van der Waals surface area (Å²) in [7, 11) is 0. The van der Waals surface area contributed by atoms with E-state index in [1.165, 1.54) is 5.56 Å². The van der Waals surface area contributed by atoms with Gasteiger partial charge in [0.15, 0.2) is 0 Å². The molecule has 1 heterocycles. The first kappa shape index (κ1) is 14.9. The van der Waals surface area contributed by atoms with E-state index in [0.29, 0.717) is 23.8 Å². The number of nitriles is 1. The Balaban J connectivity index is 1.70. The van der Waals surface area contributed by atoms with Crippen molar-refractivity contribution in [2.24, 2.45) is 0 Å². The van der Waals surface area contributed by atoms with Crippen LogP contribution in [0.15, 0.2) is 53.1 Å². The van der Waals surface area contributed by atoms with E-state index in [2.05, 4.69) is 24.0 Å². The van der Waals surface area contributed by atoms with Gasteiger partial charge in [-0.15, -0.1) is 0 Å². The maximum Gasteiger partial charge on any atom is 0.226 e. The summed E-state index contributed by atoms with van der Waals surface area (Å²) >= 11 is 0. The molecule has 23 heavy (non-hydrogen) atoms. The van der Waals surface area contributed by atoms with Gasteiger partial charge in [0.05, 0.1) is 11.6 Å². The molecular formula is C19H16N2O2. The highest BCUT2D eigenvalue weighted by Gasteiger charge is 2.10. The molecule has 4 heteroatoms. The lowest BCUT2D eigenvalue weighted by Crippen LogP contribution is -1.96. The zero-order valence-corrected chi connectivity index (χ0v) is 13.0. The molecule has 0 radical (unpaired) electrons. The number of aromatic nitrogens is 1. The quantitative estimate of drug-likeness (QED) is 0.716. The summed E-state index contributed by atoms with van der Waals surface area (Å²) in [6.07, 6.45) is 1.61. The predicted molar refractivity (Wildman–Crippen MR) is 86.9 cm³/mol. The van der Waals surface area contributed by atoms with Crippen molar-refractivity contribution in [3.05, 3.63) is 71.1 Å². The van der Waals surface area contributed by atoms with Crippen molar-refractivity contribution in [3.63, 3.8) is 0 Å². The zero-order valence-electron chi connectivity index (χ0n) is 13.0. The molecule has 114 valence electrons. The zero-order chi connectivity index (χ0) is 16.2. The summed E-state index contributed by atoms with van der Waals surface area (Å²) in [6, 6.07) is 15.2. The third kappa shape index (κ3) is 3.41. The number of ether oxygens (including phenoxy) is 1. The molecule has 1 aromatic heterocycles. The molecule has 4 nitrogen and oxygen atoms in total. The number of nitrogens with zero attached hydrogens (tertiary/aromatic N) is 2. The number of benzene rings is 2. The molecule has 0 unspecified atom stereocenters. The minimum atomic E-state index is 0.320. The summed E-state index contributed by atoms with van der Waals surface area (Å²) in [5.41, 5.74) is 4.66. The van der Waals surface area contributed by atoms with Gasteiger partial charge in [-0.1, -0.05) is 17.7 Å². The van der Waals surface area contributed by atoms with Gasteiger partial charge in [-0.05, 0) is 49.7 Å². The molecule has 0 atom stereocenters. The van der Waals surface area contributed by atoms with Crippen LogP contribution in [0.3, 0.4) is 0 Å². The number of hydrogen-bond donors (Lipinski definition) is 0. The fourth-order valence-electron chi connectivity index (χ4n) is 2.33. The van der Waals surface area contributed by atoms with Crippen molar-refractivity contribution < 1.29 is 9.15 Å². The molecule has 0 spiro atoms. The Hall–Kier alpha value is -3.06. The van der Waals surface area contributed by atoms with E-state index < -0.39 is 0 Å². The van der Waals surface area contributed by atoms with E-state index in [1.54, 1.807) is 30.5 Å². The van der Waals surface area contributed by atoms with Gasteiger partial charge >= 0.3 is 0 Å². The molecular weight excluding hydrogens is 288 g/mol. The predicted octanol–water partition coefficient (Wildman–Crippen LogP) is 4.41. The second kappa shape index (κ2) is 6.37. The van der Waals surface area contributed by atoms with Crippen LogP contribution in [-0.2, 0) is 6.61 Å². The average Bonchev–Trinajstić information content (AvgIpc) is 3.02. The summed E-state index contributed by atoms with van der Waals surface area (Å²) in [5, 5.41) is 8.77. The minimum absolute atomic E-state index is 0.320. The van der Waals surface area contributed by atoms with Crippen LogP contribution in [0.5, 0.6) is 5.75 Å². The van der Waals surface area contributed by atoms with E-state index in [1.807, 2.05) is 19.1 Å². The van der Waals surface area contributed by atoms with Crippen LogP contribution in [-0.4, -0.2) is 4.98 Å². The number of hydrogen-bond acceptors (Lipinski definition) is 4. The molecule has 0 aliphatic heterocycles. The summed E-state index contributed by atoms with van der Waals surface area (Å²) < 4.78 is 11.2. The summed E-state index contributed by atoms with van der Waals surface area (Å²) in [6.45, 7) is 4.42. The van der Waals surface area contributed by atoms with Gasteiger partial charge in [-0.25, -0.2) is 4.98 Å². The summed E-state index contributed by atoms with van der Waals surface area (Å²) in [5.74, 6) is 1.29. The largest absolute Gasteiger partial charge is 0.487 e. The summed E-state index contributed by atoms with van der Waals surface area (Å²) in [4.78, 5) is 4.48. The molecule has 3 rings (SSSR count). The smallest absolute Gasteiger partial charge is 0.226 e. The van der Waals surface area contributed by atoms with Gasteiger partial charge in [-0.3, -0.25) is 0 Å². The second-order valence-corrected chi connectivity index (χ2v) is 5.39. The number of oxazole rings is 1. The maximum absolute atomic E-state index is 8.77. The highest BCUT2D eigenvalue weighted by atomic mass is 16.5. The van der Waals surface area contributed by atoms with E-state index >= 15 is 0 Å². The molecule has 0 fully saturated rings. The van der Waals surface area contributed by atoms with Crippen LogP contribution in [0.4, 0.5) is 0 Å². The van der Waals surface area contributed by atoms with Crippen LogP contribution < -0.4 is 4.74 Å². The Labute approximate surface area is 135 Å². The van der Waals surface area contributed by atoms with Crippen molar-refractivity contribution in [2.75, 3.05) is 0 Å².